The van der Waals surface area contributed by atoms with E-state index in [9.17, 15) is 14.4 Å². The second kappa shape index (κ2) is 9.33. The standard InChI is InChI=1S/C25H27N3O5/c29-23-9-8-21(24(30)26-23)28-15-20-19(25(28)31)2-1-3-22(20)33-16-18-6-4-17(5-7-18)14-27-10-12-32-13-11-27/h1-7,21H,8-16H2,(H,26,29,30)/i10D,11D2,12D2,13D2. The zero-order chi connectivity index (χ0) is 29.0. The van der Waals surface area contributed by atoms with Gasteiger partial charge in [-0.05, 0) is 29.7 Å². The number of imide groups is 1. The van der Waals surface area contributed by atoms with Crippen molar-refractivity contribution >= 4 is 17.7 Å². The molecular weight excluding hydrogens is 422 g/mol. The highest BCUT2D eigenvalue weighted by atomic mass is 16.5. The summed E-state index contributed by atoms with van der Waals surface area (Å²) < 4.78 is 66.3. The van der Waals surface area contributed by atoms with Crippen molar-refractivity contribution in [1.29, 1.82) is 0 Å². The van der Waals surface area contributed by atoms with Crippen molar-refractivity contribution < 1.29 is 33.5 Å². The zero-order valence-electron chi connectivity index (χ0n) is 24.7. The van der Waals surface area contributed by atoms with Crippen LogP contribution in [0.25, 0.3) is 0 Å². The van der Waals surface area contributed by atoms with Crippen molar-refractivity contribution in [1.82, 2.24) is 15.1 Å². The molecule has 2 aromatic carbocycles. The van der Waals surface area contributed by atoms with E-state index in [1.54, 1.807) is 42.5 Å². The van der Waals surface area contributed by atoms with E-state index in [2.05, 4.69) is 10.1 Å². The number of rotatable bonds is 6. The minimum Gasteiger partial charge on any atom is -0.489 e. The van der Waals surface area contributed by atoms with Gasteiger partial charge in [-0.2, -0.15) is 0 Å². The summed E-state index contributed by atoms with van der Waals surface area (Å²) in [5, 5.41) is 2.28. The van der Waals surface area contributed by atoms with Crippen molar-refractivity contribution in [2.75, 3.05) is 26.1 Å². The van der Waals surface area contributed by atoms with Gasteiger partial charge in [-0.25, -0.2) is 0 Å². The Morgan fingerprint density at radius 1 is 1.09 bits per heavy atom. The molecular formula is C25H27N3O5. The molecule has 3 heterocycles. The first kappa shape index (κ1) is 14.8. The fourth-order valence-electron chi connectivity index (χ4n) is 4.11. The molecule has 0 aliphatic carbocycles. The van der Waals surface area contributed by atoms with Crippen molar-refractivity contribution in [3.05, 3.63) is 64.7 Å². The number of ether oxygens (including phenoxy) is 2. The molecule has 3 amide bonds. The first-order chi connectivity index (χ1) is 18.7. The van der Waals surface area contributed by atoms with Crippen LogP contribution in [-0.4, -0.2) is 59.7 Å². The molecule has 172 valence electrons. The van der Waals surface area contributed by atoms with Gasteiger partial charge in [0.05, 0.1) is 25.1 Å². The molecule has 2 fully saturated rings. The molecule has 2 unspecified atom stereocenters. The Bertz CT molecular complexity index is 1350. The summed E-state index contributed by atoms with van der Waals surface area (Å²) in [6.07, 6.45) is 0.420. The summed E-state index contributed by atoms with van der Waals surface area (Å²) >= 11 is 0. The Morgan fingerprint density at radius 2 is 1.91 bits per heavy atom. The molecule has 0 aromatic heterocycles. The van der Waals surface area contributed by atoms with E-state index in [0.717, 1.165) is 10.5 Å². The number of carbonyl (C=O) groups excluding carboxylic acids is 3. The number of hydrogen-bond acceptors (Lipinski definition) is 6. The maximum Gasteiger partial charge on any atom is 0.255 e. The topological polar surface area (TPSA) is 88.2 Å². The van der Waals surface area contributed by atoms with Crippen LogP contribution in [0.2, 0.25) is 0 Å². The van der Waals surface area contributed by atoms with Gasteiger partial charge in [0.1, 0.15) is 18.4 Å². The van der Waals surface area contributed by atoms with Gasteiger partial charge < -0.3 is 14.4 Å². The lowest BCUT2D eigenvalue weighted by Gasteiger charge is -2.29. The van der Waals surface area contributed by atoms with Crippen molar-refractivity contribution in [3.63, 3.8) is 0 Å². The zero-order valence-corrected chi connectivity index (χ0v) is 17.7. The molecule has 3 aliphatic heterocycles. The lowest BCUT2D eigenvalue weighted by atomic mass is 10.0. The van der Waals surface area contributed by atoms with Crippen LogP contribution in [0.3, 0.4) is 0 Å². The maximum atomic E-state index is 13.0. The number of piperidine rings is 1. The fourth-order valence-corrected chi connectivity index (χ4v) is 4.11. The van der Waals surface area contributed by atoms with Crippen LogP contribution < -0.4 is 10.1 Å². The third-order valence-electron chi connectivity index (χ3n) is 5.82. The van der Waals surface area contributed by atoms with Crippen LogP contribution in [0.4, 0.5) is 0 Å². The number of morpholine rings is 1. The molecule has 33 heavy (non-hydrogen) atoms. The maximum absolute atomic E-state index is 13.0. The average Bonchev–Trinajstić information content (AvgIpc) is 3.21. The Hall–Kier alpha value is -3.23. The number of fused-ring (bicyclic) bond motifs is 1. The fraction of sp³-hybridized carbons (Fsp3) is 0.400. The summed E-state index contributed by atoms with van der Waals surface area (Å²) in [5.41, 5.74) is 2.35. The van der Waals surface area contributed by atoms with E-state index < -0.39 is 38.1 Å². The van der Waals surface area contributed by atoms with Crippen LogP contribution in [0, 0.1) is 0 Å². The average molecular weight is 457 g/mol. The number of benzene rings is 2. The summed E-state index contributed by atoms with van der Waals surface area (Å²) in [6, 6.07) is 11.1. The van der Waals surface area contributed by atoms with Gasteiger partial charge >= 0.3 is 0 Å². The van der Waals surface area contributed by atoms with E-state index in [-0.39, 0.29) is 44.4 Å². The molecule has 8 heteroatoms. The van der Waals surface area contributed by atoms with Crippen LogP contribution in [0.15, 0.2) is 42.5 Å². The number of amides is 3. The molecule has 0 radical (unpaired) electrons. The smallest absolute Gasteiger partial charge is 0.255 e. The quantitative estimate of drug-likeness (QED) is 0.668. The van der Waals surface area contributed by atoms with E-state index in [1.807, 2.05) is 0 Å². The molecule has 0 saturated carbocycles. The molecule has 3 aliphatic rings. The van der Waals surface area contributed by atoms with Crippen LogP contribution in [0.1, 0.15) is 49.5 Å². The molecule has 8 nitrogen and oxygen atoms in total. The van der Waals surface area contributed by atoms with Gasteiger partial charge in [-0.15, -0.1) is 0 Å². The molecule has 0 bridgehead atoms. The number of nitrogens with one attached hydrogen (secondary N) is 1. The third kappa shape index (κ3) is 4.62. The monoisotopic (exact) mass is 456 g/mol. The summed E-state index contributed by atoms with van der Waals surface area (Å²) in [7, 11) is 0. The summed E-state index contributed by atoms with van der Waals surface area (Å²) in [6.45, 7) is -10.1. The number of nitrogens with zero attached hydrogens (tertiary/aromatic N) is 2. The van der Waals surface area contributed by atoms with E-state index in [4.69, 9.17) is 14.3 Å². The number of carbonyl (C=O) groups is 3. The molecule has 2 aromatic rings. The summed E-state index contributed by atoms with van der Waals surface area (Å²) in [5.74, 6) is -0.670. The van der Waals surface area contributed by atoms with E-state index >= 15 is 0 Å². The molecule has 0 spiro atoms. The Balaban J connectivity index is 1.26. The molecule has 5 rings (SSSR count). The van der Waals surface area contributed by atoms with Crippen molar-refractivity contribution in [2.45, 2.75) is 38.6 Å². The van der Waals surface area contributed by atoms with E-state index in [1.165, 1.54) is 4.90 Å². The van der Waals surface area contributed by atoms with Crippen LogP contribution >= 0.6 is 0 Å². The van der Waals surface area contributed by atoms with Crippen LogP contribution in [-0.2, 0) is 34.0 Å². The van der Waals surface area contributed by atoms with E-state index in [0.29, 0.717) is 22.4 Å². The third-order valence-corrected chi connectivity index (χ3v) is 5.82. The molecule has 2 saturated heterocycles. The largest absolute Gasteiger partial charge is 0.489 e. The predicted molar refractivity (Wildman–Crippen MR) is 119 cm³/mol. The first-order valence-electron chi connectivity index (χ1n) is 14.2. The normalized spacial score (nSPS) is 31.1. The van der Waals surface area contributed by atoms with Gasteiger partial charge in [0.25, 0.3) is 5.91 Å². The predicted octanol–water partition coefficient (Wildman–Crippen LogP) is 1.86. The number of hydrogen-bond donors (Lipinski definition) is 1. The highest BCUT2D eigenvalue weighted by molar-refractivity contribution is 6.05. The second-order valence-electron chi connectivity index (χ2n) is 7.98. The minimum absolute atomic E-state index is 0.133. The van der Waals surface area contributed by atoms with Gasteiger partial charge in [0.15, 0.2) is 0 Å². The van der Waals surface area contributed by atoms with Crippen LogP contribution in [0.5, 0.6) is 5.75 Å². The highest BCUT2D eigenvalue weighted by Gasteiger charge is 2.40. The van der Waals surface area contributed by atoms with Crippen molar-refractivity contribution in [2.24, 2.45) is 0 Å². The lowest BCUT2D eigenvalue weighted by Crippen LogP contribution is -2.52. The Labute approximate surface area is 202 Å². The SMILES string of the molecule is [2H]C1N(Cc2ccc(COc3cccc4c3CN(C3CCC(=O)NC3=O)C4=O)cc2)C([2H])([2H])C([2H])([2H])OC1([2H])[2H]. The van der Waals surface area contributed by atoms with Gasteiger partial charge in [-0.1, -0.05) is 30.3 Å². The summed E-state index contributed by atoms with van der Waals surface area (Å²) in [4.78, 5) is 39.1. The van der Waals surface area contributed by atoms with Crippen molar-refractivity contribution in [3.8, 4) is 5.75 Å². The second-order valence-corrected chi connectivity index (χ2v) is 7.98. The Morgan fingerprint density at radius 3 is 2.73 bits per heavy atom. The Kier molecular flexibility index (Phi) is 4.19. The lowest BCUT2D eigenvalue weighted by molar-refractivity contribution is -0.136. The first-order valence-corrected chi connectivity index (χ1v) is 10.6. The van der Waals surface area contributed by atoms with Gasteiger partial charge in [-0.3, -0.25) is 24.6 Å². The van der Waals surface area contributed by atoms with Gasteiger partial charge in [0.2, 0.25) is 11.8 Å². The van der Waals surface area contributed by atoms with Gasteiger partial charge in [0, 0.05) is 41.2 Å². The minimum atomic E-state index is -2.97. The molecule has 1 N–H and O–H groups in total. The highest BCUT2D eigenvalue weighted by Crippen LogP contribution is 2.34. The molecule has 2 atom stereocenters.